The number of halogens is 4. The number of anilines is 1. The lowest BCUT2D eigenvalue weighted by Crippen LogP contribution is -2.11. The lowest BCUT2D eigenvalue weighted by molar-refractivity contribution is -0.155. The lowest BCUT2D eigenvalue weighted by Gasteiger charge is -2.08. The number of hydrogen-bond donors (Lipinski definition) is 1. The maximum absolute atomic E-state index is 12.6. The number of thiophene rings is 1. The molecule has 1 N–H and O–H groups in total. The Balaban J connectivity index is 1.87. The first kappa shape index (κ1) is 18.9. The highest BCUT2D eigenvalue weighted by Gasteiger charge is 2.36. The van der Waals surface area contributed by atoms with Crippen molar-refractivity contribution < 1.29 is 26.1 Å². The third-order valence-corrected chi connectivity index (χ3v) is 6.76. The van der Waals surface area contributed by atoms with Crippen LogP contribution < -0.4 is 4.72 Å². The lowest BCUT2D eigenvalue weighted by atomic mass is 10.2. The van der Waals surface area contributed by atoms with Gasteiger partial charge < -0.3 is 4.52 Å². The van der Waals surface area contributed by atoms with E-state index in [4.69, 9.17) is 0 Å². The van der Waals surface area contributed by atoms with Crippen molar-refractivity contribution in [2.75, 3.05) is 4.72 Å². The van der Waals surface area contributed by atoms with E-state index in [-0.39, 0.29) is 15.5 Å². The molecule has 0 aliphatic heterocycles. The average molecular weight is 467 g/mol. The SMILES string of the molecule is Cc1ccc(NS(=O)(=O)c2cc(-c3cc(C(F)(F)F)on3)cs2)c(Br)c1. The third-order valence-electron chi connectivity index (χ3n) is 3.29. The van der Waals surface area contributed by atoms with Crippen LogP contribution in [0.25, 0.3) is 11.3 Å². The van der Waals surface area contributed by atoms with Gasteiger partial charge in [0.1, 0.15) is 9.90 Å². The van der Waals surface area contributed by atoms with Gasteiger partial charge in [0.25, 0.3) is 10.0 Å². The fraction of sp³-hybridized carbons (Fsp3) is 0.133. The summed E-state index contributed by atoms with van der Waals surface area (Å²) in [7, 11) is -3.90. The summed E-state index contributed by atoms with van der Waals surface area (Å²) in [5.41, 5.74) is 1.43. The van der Waals surface area contributed by atoms with Gasteiger partial charge in [-0.05, 0) is 46.6 Å². The molecule has 138 valence electrons. The largest absolute Gasteiger partial charge is 0.452 e. The Kier molecular flexibility index (Phi) is 4.88. The Morgan fingerprint density at radius 3 is 2.58 bits per heavy atom. The number of hydrogen-bond acceptors (Lipinski definition) is 5. The normalized spacial score (nSPS) is 12.3. The van der Waals surface area contributed by atoms with Gasteiger partial charge in [0.2, 0.25) is 5.76 Å². The Bertz CT molecular complexity index is 1060. The second-order valence-electron chi connectivity index (χ2n) is 5.32. The smallest absolute Gasteiger partial charge is 0.351 e. The zero-order valence-electron chi connectivity index (χ0n) is 13.0. The summed E-state index contributed by atoms with van der Waals surface area (Å²) in [6.45, 7) is 1.86. The van der Waals surface area contributed by atoms with Crippen LogP contribution in [0.5, 0.6) is 0 Å². The molecular formula is C15H10BrF3N2O3S2. The van der Waals surface area contributed by atoms with E-state index < -0.39 is 22.0 Å². The van der Waals surface area contributed by atoms with Gasteiger partial charge in [0.15, 0.2) is 0 Å². The van der Waals surface area contributed by atoms with Crippen molar-refractivity contribution in [3.63, 3.8) is 0 Å². The summed E-state index contributed by atoms with van der Waals surface area (Å²) in [6, 6.07) is 7.08. The van der Waals surface area contributed by atoms with Crippen molar-refractivity contribution >= 4 is 43.0 Å². The first-order valence-electron chi connectivity index (χ1n) is 6.98. The van der Waals surface area contributed by atoms with Crippen molar-refractivity contribution in [3.05, 3.63) is 51.5 Å². The summed E-state index contributed by atoms with van der Waals surface area (Å²) < 4.78 is 70.0. The van der Waals surface area contributed by atoms with Gasteiger partial charge in [0, 0.05) is 21.5 Å². The van der Waals surface area contributed by atoms with E-state index in [0.29, 0.717) is 10.2 Å². The molecule has 0 spiro atoms. The predicted octanol–water partition coefficient (Wildman–Crippen LogP) is 5.29. The van der Waals surface area contributed by atoms with E-state index in [1.807, 2.05) is 6.92 Å². The third kappa shape index (κ3) is 3.94. The van der Waals surface area contributed by atoms with Crippen molar-refractivity contribution in [1.82, 2.24) is 5.16 Å². The molecule has 0 radical (unpaired) electrons. The van der Waals surface area contributed by atoms with Gasteiger partial charge >= 0.3 is 6.18 Å². The predicted molar refractivity (Wildman–Crippen MR) is 94.5 cm³/mol. The Morgan fingerprint density at radius 2 is 1.96 bits per heavy atom. The number of sulfonamides is 1. The number of benzene rings is 1. The van der Waals surface area contributed by atoms with Crippen LogP contribution in [-0.2, 0) is 16.2 Å². The summed E-state index contributed by atoms with van der Waals surface area (Å²) in [4.78, 5) is 0. The summed E-state index contributed by atoms with van der Waals surface area (Å²) in [5, 5.41) is 4.74. The molecule has 0 atom stereocenters. The zero-order chi connectivity index (χ0) is 19.1. The monoisotopic (exact) mass is 466 g/mol. The molecule has 11 heteroatoms. The molecule has 0 amide bonds. The van der Waals surface area contributed by atoms with Crippen LogP contribution in [0.4, 0.5) is 18.9 Å². The molecule has 2 aromatic heterocycles. The highest BCUT2D eigenvalue weighted by molar-refractivity contribution is 9.10. The molecule has 2 heterocycles. The average Bonchev–Trinajstić information content (AvgIpc) is 3.17. The van der Waals surface area contributed by atoms with Gasteiger partial charge in [-0.1, -0.05) is 11.2 Å². The molecule has 0 unspecified atom stereocenters. The molecule has 0 saturated carbocycles. The highest BCUT2D eigenvalue weighted by atomic mass is 79.9. The van der Waals surface area contributed by atoms with Crippen molar-refractivity contribution in [2.45, 2.75) is 17.3 Å². The summed E-state index contributed by atoms with van der Waals surface area (Å²) >= 11 is 4.15. The topological polar surface area (TPSA) is 72.2 Å². The fourth-order valence-corrected chi connectivity index (χ4v) is 5.01. The molecular weight excluding hydrogens is 457 g/mol. The molecule has 5 nitrogen and oxygen atoms in total. The maximum Gasteiger partial charge on any atom is 0.452 e. The minimum Gasteiger partial charge on any atom is -0.351 e. The van der Waals surface area contributed by atoms with Gasteiger partial charge in [0.05, 0.1) is 5.69 Å². The molecule has 1 aromatic carbocycles. The van der Waals surface area contributed by atoms with Crippen LogP contribution in [0.15, 0.2) is 48.9 Å². The molecule has 0 aliphatic rings. The molecule has 3 aromatic rings. The minimum absolute atomic E-state index is 0.0588. The van der Waals surface area contributed by atoms with E-state index >= 15 is 0 Å². The van der Waals surface area contributed by atoms with Crippen LogP contribution in [0.1, 0.15) is 11.3 Å². The van der Waals surface area contributed by atoms with E-state index in [1.54, 1.807) is 18.2 Å². The number of nitrogens with zero attached hydrogens (tertiary/aromatic N) is 1. The van der Waals surface area contributed by atoms with E-state index in [2.05, 4.69) is 30.3 Å². The number of alkyl halides is 3. The van der Waals surface area contributed by atoms with Crippen LogP contribution in [0.3, 0.4) is 0 Å². The highest BCUT2D eigenvalue weighted by Crippen LogP contribution is 2.35. The van der Waals surface area contributed by atoms with Gasteiger partial charge in [-0.25, -0.2) is 8.42 Å². The second-order valence-corrected chi connectivity index (χ2v) is 8.99. The first-order chi connectivity index (χ1) is 12.1. The van der Waals surface area contributed by atoms with Crippen LogP contribution in [0.2, 0.25) is 0 Å². The quantitative estimate of drug-likeness (QED) is 0.566. The molecule has 26 heavy (non-hydrogen) atoms. The van der Waals surface area contributed by atoms with Crippen LogP contribution in [0, 0.1) is 6.92 Å². The van der Waals surface area contributed by atoms with Crippen molar-refractivity contribution in [3.8, 4) is 11.3 Å². The molecule has 0 saturated heterocycles. The van der Waals surface area contributed by atoms with E-state index in [1.165, 1.54) is 11.4 Å². The van der Waals surface area contributed by atoms with Gasteiger partial charge in [-0.15, -0.1) is 11.3 Å². The Morgan fingerprint density at radius 1 is 1.23 bits per heavy atom. The molecule has 0 bridgehead atoms. The van der Waals surface area contributed by atoms with Crippen LogP contribution in [-0.4, -0.2) is 13.6 Å². The number of nitrogens with one attached hydrogen (secondary N) is 1. The van der Waals surface area contributed by atoms with Crippen molar-refractivity contribution in [1.29, 1.82) is 0 Å². The van der Waals surface area contributed by atoms with Gasteiger partial charge in [-0.2, -0.15) is 13.2 Å². The van der Waals surface area contributed by atoms with Crippen LogP contribution >= 0.6 is 27.3 Å². The molecule has 0 fully saturated rings. The zero-order valence-corrected chi connectivity index (χ0v) is 16.2. The second kappa shape index (κ2) is 6.71. The Labute approximate surface area is 159 Å². The number of rotatable bonds is 4. The minimum atomic E-state index is -4.66. The van der Waals surface area contributed by atoms with Gasteiger partial charge in [-0.3, -0.25) is 4.72 Å². The maximum atomic E-state index is 12.6. The van der Waals surface area contributed by atoms with E-state index in [9.17, 15) is 21.6 Å². The number of aryl methyl sites for hydroxylation is 1. The molecule has 0 aliphatic carbocycles. The van der Waals surface area contributed by atoms with Crippen molar-refractivity contribution in [2.24, 2.45) is 0 Å². The summed E-state index contributed by atoms with van der Waals surface area (Å²) in [6.07, 6.45) is -4.66. The fourth-order valence-electron chi connectivity index (χ4n) is 2.03. The Hall–Kier alpha value is -1.85. The number of aromatic nitrogens is 1. The first-order valence-corrected chi connectivity index (χ1v) is 10.1. The standard InChI is InChI=1S/C15H10BrF3N2O3S2/c1-8-2-3-11(10(16)4-8)21-26(22,23)14-5-9(7-25-14)12-6-13(24-20-12)15(17,18)19/h2-7,21H,1H3. The molecule has 3 rings (SSSR count). The summed E-state index contributed by atoms with van der Waals surface area (Å²) in [5.74, 6) is -1.25. The van der Waals surface area contributed by atoms with E-state index in [0.717, 1.165) is 23.0 Å².